The molecule has 3 aromatic carbocycles. The number of aromatic hydroxyl groups is 1. The van der Waals surface area contributed by atoms with Crippen molar-refractivity contribution in [1.29, 1.82) is 0 Å². The van der Waals surface area contributed by atoms with Crippen LogP contribution in [0.15, 0.2) is 36.4 Å². The Bertz CT molecular complexity index is 1450. The normalized spacial score (nSPS) is 21.8. The van der Waals surface area contributed by atoms with E-state index < -0.39 is 11.8 Å². The Labute approximate surface area is 236 Å². The van der Waals surface area contributed by atoms with E-state index in [0.29, 0.717) is 34.4 Å². The lowest BCUT2D eigenvalue weighted by molar-refractivity contribution is -0.141. The number of cyclic esters (lactones) is 1. The lowest BCUT2D eigenvalue weighted by atomic mass is 9.65. The van der Waals surface area contributed by atoms with Gasteiger partial charge in [-0.3, -0.25) is 4.79 Å². The molecule has 4 atom stereocenters. The number of carbonyl (C=O) groups excluding carboxylic acids is 1. The smallest absolute Gasteiger partial charge is 0.310 e. The van der Waals surface area contributed by atoms with E-state index in [1.807, 2.05) is 24.3 Å². The number of esters is 1. The number of phenolic OH excluding ortho intramolecular Hbond substituents is 1. The van der Waals surface area contributed by atoms with Gasteiger partial charge in [0.25, 0.3) is 0 Å². The van der Waals surface area contributed by atoms with Gasteiger partial charge in [-0.25, -0.2) is 0 Å². The molecule has 0 saturated carbocycles. The molecule has 0 amide bonds. The highest BCUT2D eigenvalue weighted by Crippen LogP contribution is 2.56. The van der Waals surface area contributed by atoms with Crippen molar-refractivity contribution >= 4 is 11.7 Å². The van der Waals surface area contributed by atoms with Crippen LogP contribution in [0.2, 0.25) is 0 Å². The molecule has 6 rings (SSSR count). The number of nitrogens with one attached hydrogen (secondary N) is 1. The molecule has 0 aromatic heterocycles. The zero-order valence-corrected chi connectivity index (χ0v) is 23.3. The average molecular weight is 566 g/mol. The summed E-state index contributed by atoms with van der Waals surface area (Å²) in [6, 6.07) is 10.6. The third kappa shape index (κ3) is 4.23. The Balaban J connectivity index is 1.53. The van der Waals surface area contributed by atoms with Crippen molar-refractivity contribution < 1.29 is 47.8 Å². The van der Waals surface area contributed by atoms with Gasteiger partial charge < -0.3 is 48.3 Å². The molecule has 1 aliphatic carbocycles. The van der Waals surface area contributed by atoms with Crippen LogP contribution in [0.5, 0.6) is 46.0 Å². The van der Waals surface area contributed by atoms with Crippen molar-refractivity contribution in [3.8, 4) is 46.0 Å². The van der Waals surface area contributed by atoms with E-state index >= 15 is 0 Å². The number of anilines is 1. The summed E-state index contributed by atoms with van der Waals surface area (Å²) in [5.41, 5.74) is 3.21. The Morgan fingerprint density at radius 2 is 1.34 bits per heavy atom. The third-order valence-corrected chi connectivity index (χ3v) is 8.04. The standard InChI is InChI=1S/C30H31NO10/c1-34-21-6-14(7-22(35-2)28(21)32)25-16-10-19-20(41-13-40-19)11-17(16)27(18-12-39-30(33)26(18)25)31-15-8-23(36-3)29(38-5)24(9-15)37-4/h6-11,18,25-27,31-32H,12-13H2,1-5H3/t18-,25+,26-,27+/m0/s1. The molecule has 216 valence electrons. The van der Waals surface area contributed by atoms with Gasteiger partial charge in [-0.05, 0) is 41.0 Å². The fourth-order valence-electron chi connectivity index (χ4n) is 6.19. The predicted octanol–water partition coefficient (Wildman–Crippen LogP) is 4.25. The topological polar surface area (TPSA) is 123 Å². The first-order valence-electron chi connectivity index (χ1n) is 13.0. The van der Waals surface area contributed by atoms with Crippen LogP contribution < -0.4 is 38.5 Å². The Kier molecular flexibility index (Phi) is 6.72. The van der Waals surface area contributed by atoms with Gasteiger partial charge in [-0.1, -0.05) is 0 Å². The molecule has 1 saturated heterocycles. The maximum atomic E-state index is 13.4. The van der Waals surface area contributed by atoms with Crippen LogP contribution in [-0.2, 0) is 9.53 Å². The minimum Gasteiger partial charge on any atom is -0.502 e. The van der Waals surface area contributed by atoms with Crippen LogP contribution in [0.4, 0.5) is 5.69 Å². The maximum absolute atomic E-state index is 13.4. The summed E-state index contributed by atoms with van der Waals surface area (Å²) in [6.07, 6.45) is 0. The summed E-state index contributed by atoms with van der Waals surface area (Å²) < 4.78 is 44.7. The van der Waals surface area contributed by atoms with Gasteiger partial charge >= 0.3 is 5.97 Å². The summed E-state index contributed by atoms with van der Waals surface area (Å²) in [5.74, 6) is 1.45. The number of hydrogen-bond acceptors (Lipinski definition) is 11. The fourth-order valence-corrected chi connectivity index (χ4v) is 6.19. The molecule has 0 unspecified atom stereocenters. The lowest BCUT2D eigenvalue weighted by Gasteiger charge is -2.40. The lowest BCUT2D eigenvalue weighted by Crippen LogP contribution is -2.37. The number of fused-ring (bicyclic) bond motifs is 3. The van der Waals surface area contributed by atoms with Crippen LogP contribution >= 0.6 is 0 Å². The largest absolute Gasteiger partial charge is 0.502 e. The van der Waals surface area contributed by atoms with Gasteiger partial charge in [0.05, 0.1) is 54.1 Å². The van der Waals surface area contributed by atoms with Crippen molar-refractivity contribution in [2.75, 3.05) is 54.3 Å². The van der Waals surface area contributed by atoms with Crippen LogP contribution in [0, 0.1) is 11.8 Å². The SMILES string of the molecule is COc1cc([C@@H]2c3cc4c(cc3[C@@H](Nc3cc(OC)c(OC)c(OC)c3)[C@H]3COC(=O)[C@H]23)OCO4)cc(OC)c1O. The van der Waals surface area contributed by atoms with Gasteiger partial charge in [-0.2, -0.15) is 0 Å². The van der Waals surface area contributed by atoms with Gasteiger partial charge in [0, 0.05) is 29.7 Å². The van der Waals surface area contributed by atoms with E-state index in [4.69, 9.17) is 37.9 Å². The molecule has 2 heterocycles. The van der Waals surface area contributed by atoms with Crippen molar-refractivity contribution in [1.82, 2.24) is 0 Å². The van der Waals surface area contributed by atoms with Gasteiger partial charge in [0.2, 0.25) is 18.3 Å². The molecule has 0 bridgehead atoms. The summed E-state index contributed by atoms with van der Waals surface area (Å²) in [4.78, 5) is 13.4. The second-order valence-corrected chi connectivity index (χ2v) is 9.94. The molecular formula is C30H31NO10. The molecule has 41 heavy (non-hydrogen) atoms. The quantitative estimate of drug-likeness (QED) is 0.381. The number of hydrogen-bond donors (Lipinski definition) is 2. The van der Waals surface area contributed by atoms with Crippen LogP contribution in [0.25, 0.3) is 0 Å². The van der Waals surface area contributed by atoms with E-state index in [9.17, 15) is 9.90 Å². The summed E-state index contributed by atoms with van der Waals surface area (Å²) in [5, 5.41) is 14.2. The first-order valence-corrected chi connectivity index (χ1v) is 13.0. The highest BCUT2D eigenvalue weighted by molar-refractivity contribution is 5.79. The molecule has 0 radical (unpaired) electrons. The van der Waals surface area contributed by atoms with Gasteiger partial charge in [0.1, 0.15) is 0 Å². The number of carbonyl (C=O) groups is 1. The monoisotopic (exact) mass is 565 g/mol. The van der Waals surface area contributed by atoms with E-state index in [0.717, 1.165) is 16.7 Å². The molecule has 2 N–H and O–H groups in total. The fraction of sp³-hybridized carbons (Fsp3) is 0.367. The average Bonchev–Trinajstić information content (AvgIpc) is 3.62. The molecule has 3 aromatic rings. The van der Waals surface area contributed by atoms with Gasteiger partial charge in [0.15, 0.2) is 34.5 Å². The Morgan fingerprint density at radius 3 is 1.90 bits per heavy atom. The number of phenols is 1. The number of rotatable bonds is 8. The summed E-state index contributed by atoms with van der Waals surface area (Å²) in [6.45, 7) is 0.311. The van der Waals surface area contributed by atoms with E-state index in [-0.39, 0.29) is 48.6 Å². The molecular weight excluding hydrogens is 534 g/mol. The zero-order chi connectivity index (χ0) is 28.8. The Morgan fingerprint density at radius 1 is 0.756 bits per heavy atom. The zero-order valence-electron chi connectivity index (χ0n) is 23.3. The van der Waals surface area contributed by atoms with Crippen LogP contribution in [0.3, 0.4) is 0 Å². The molecule has 3 aliphatic rings. The van der Waals surface area contributed by atoms with Crippen molar-refractivity contribution in [3.63, 3.8) is 0 Å². The maximum Gasteiger partial charge on any atom is 0.310 e. The number of benzene rings is 3. The van der Waals surface area contributed by atoms with E-state index in [1.54, 1.807) is 33.5 Å². The molecule has 2 aliphatic heterocycles. The number of methoxy groups -OCH3 is 5. The highest BCUT2D eigenvalue weighted by atomic mass is 16.7. The van der Waals surface area contributed by atoms with Crippen molar-refractivity contribution in [2.24, 2.45) is 11.8 Å². The Hall–Kier alpha value is -4.67. The van der Waals surface area contributed by atoms with Crippen LogP contribution in [-0.4, -0.2) is 60.0 Å². The molecule has 11 heteroatoms. The highest BCUT2D eigenvalue weighted by Gasteiger charge is 2.52. The second-order valence-electron chi connectivity index (χ2n) is 9.94. The van der Waals surface area contributed by atoms with E-state index in [2.05, 4.69) is 5.32 Å². The molecule has 1 fully saturated rings. The predicted molar refractivity (Wildman–Crippen MR) is 146 cm³/mol. The summed E-state index contributed by atoms with van der Waals surface area (Å²) >= 11 is 0. The molecule has 0 spiro atoms. The minimum absolute atomic E-state index is 0.101. The minimum atomic E-state index is -0.554. The van der Waals surface area contributed by atoms with E-state index in [1.165, 1.54) is 14.2 Å². The third-order valence-electron chi connectivity index (χ3n) is 8.04. The van der Waals surface area contributed by atoms with Crippen molar-refractivity contribution in [3.05, 3.63) is 53.1 Å². The van der Waals surface area contributed by atoms with Crippen LogP contribution in [0.1, 0.15) is 28.7 Å². The number of ether oxygens (including phenoxy) is 8. The van der Waals surface area contributed by atoms with Gasteiger partial charge in [-0.15, -0.1) is 0 Å². The second kappa shape index (κ2) is 10.4. The van der Waals surface area contributed by atoms with Crippen molar-refractivity contribution in [2.45, 2.75) is 12.0 Å². The molecule has 11 nitrogen and oxygen atoms in total. The first-order chi connectivity index (χ1) is 19.9. The first kappa shape index (κ1) is 26.5. The summed E-state index contributed by atoms with van der Waals surface area (Å²) in [7, 11) is 7.60.